The van der Waals surface area contributed by atoms with Crippen molar-refractivity contribution in [3.63, 3.8) is 0 Å². The van der Waals surface area contributed by atoms with Gasteiger partial charge in [0.05, 0.1) is 11.0 Å². The maximum atomic E-state index is 12.1. The Morgan fingerprint density at radius 1 is 1.50 bits per heavy atom. The molecule has 6 heteroatoms. The molecule has 1 aromatic carbocycles. The van der Waals surface area contributed by atoms with E-state index in [9.17, 15) is 13.5 Å². The Hall–Kier alpha value is -1.11. The van der Waals surface area contributed by atoms with Gasteiger partial charge in [0.2, 0.25) is 10.0 Å². The van der Waals surface area contributed by atoms with E-state index < -0.39 is 16.1 Å². The zero-order valence-corrected chi connectivity index (χ0v) is 11.1. The number of aliphatic hydroxyl groups excluding tert-OH is 1. The average Bonchev–Trinajstić information content (AvgIpc) is 3.13. The molecule has 100 valence electrons. The maximum Gasteiger partial charge on any atom is 0.240 e. The lowest BCUT2D eigenvalue weighted by Crippen LogP contribution is -2.33. The molecule has 1 aliphatic rings. The first-order valence-corrected chi connectivity index (χ1v) is 7.43. The molecule has 1 unspecified atom stereocenters. The van der Waals surface area contributed by atoms with Crippen LogP contribution < -0.4 is 10.5 Å². The molecule has 1 aromatic rings. The highest BCUT2D eigenvalue weighted by Crippen LogP contribution is 2.32. The van der Waals surface area contributed by atoms with Crippen molar-refractivity contribution in [1.82, 2.24) is 4.72 Å². The number of sulfonamides is 1. The van der Waals surface area contributed by atoms with Gasteiger partial charge in [-0.3, -0.25) is 0 Å². The van der Waals surface area contributed by atoms with Gasteiger partial charge in [-0.1, -0.05) is 6.07 Å². The number of anilines is 1. The maximum absolute atomic E-state index is 12.1. The number of hydrogen-bond acceptors (Lipinski definition) is 4. The van der Waals surface area contributed by atoms with Crippen LogP contribution in [0, 0.1) is 12.8 Å². The Morgan fingerprint density at radius 2 is 2.17 bits per heavy atom. The summed E-state index contributed by atoms with van der Waals surface area (Å²) in [6.45, 7) is 1.72. The van der Waals surface area contributed by atoms with Crippen LogP contribution in [0.5, 0.6) is 0 Å². The monoisotopic (exact) mass is 270 g/mol. The molecule has 5 nitrogen and oxygen atoms in total. The van der Waals surface area contributed by atoms with Crippen molar-refractivity contribution in [1.29, 1.82) is 0 Å². The summed E-state index contributed by atoms with van der Waals surface area (Å²) in [5.74, 6) is 0.245. The van der Waals surface area contributed by atoms with Crippen LogP contribution in [0.3, 0.4) is 0 Å². The molecule has 0 heterocycles. The highest BCUT2D eigenvalue weighted by molar-refractivity contribution is 7.89. The van der Waals surface area contributed by atoms with Crippen molar-refractivity contribution in [3.05, 3.63) is 23.8 Å². The number of nitrogens with one attached hydrogen (secondary N) is 1. The van der Waals surface area contributed by atoms with Crippen molar-refractivity contribution in [3.8, 4) is 0 Å². The first-order valence-electron chi connectivity index (χ1n) is 5.94. The molecule has 0 saturated heterocycles. The summed E-state index contributed by atoms with van der Waals surface area (Å²) in [7, 11) is -3.60. The van der Waals surface area contributed by atoms with E-state index in [2.05, 4.69) is 4.72 Å². The van der Waals surface area contributed by atoms with Crippen LogP contribution in [-0.2, 0) is 10.0 Å². The molecule has 0 bridgehead atoms. The lowest BCUT2D eigenvalue weighted by Gasteiger charge is -2.13. The minimum Gasteiger partial charge on any atom is -0.398 e. The SMILES string of the molecule is Cc1c(N)cccc1S(=O)(=O)NCC(O)C1CC1. The van der Waals surface area contributed by atoms with Crippen molar-refractivity contribution in [2.24, 2.45) is 5.92 Å². The van der Waals surface area contributed by atoms with Gasteiger partial charge in [0.25, 0.3) is 0 Å². The summed E-state index contributed by atoms with van der Waals surface area (Å²) in [6, 6.07) is 4.78. The number of nitrogen functional groups attached to an aromatic ring is 1. The minimum atomic E-state index is -3.60. The third-order valence-electron chi connectivity index (χ3n) is 3.26. The summed E-state index contributed by atoms with van der Waals surface area (Å²) >= 11 is 0. The average molecular weight is 270 g/mol. The highest BCUT2D eigenvalue weighted by Gasteiger charge is 2.30. The van der Waals surface area contributed by atoms with Crippen molar-refractivity contribution < 1.29 is 13.5 Å². The summed E-state index contributed by atoms with van der Waals surface area (Å²) in [5.41, 5.74) is 6.67. The molecule has 0 radical (unpaired) electrons. The zero-order chi connectivity index (χ0) is 13.3. The summed E-state index contributed by atoms with van der Waals surface area (Å²) in [5, 5.41) is 9.67. The third-order valence-corrected chi connectivity index (χ3v) is 4.83. The van der Waals surface area contributed by atoms with Crippen LogP contribution in [-0.4, -0.2) is 26.2 Å². The predicted octanol–water partition coefficient (Wildman–Crippen LogP) is 0.626. The van der Waals surface area contributed by atoms with E-state index in [4.69, 9.17) is 5.73 Å². The zero-order valence-electron chi connectivity index (χ0n) is 10.3. The van der Waals surface area contributed by atoms with Crippen molar-refractivity contribution in [2.75, 3.05) is 12.3 Å². The van der Waals surface area contributed by atoms with Crippen molar-refractivity contribution in [2.45, 2.75) is 30.8 Å². The second kappa shape index (κ2) is 4.87. The fourth-order valence-electron chi connectivity index (χ4n) is 1.84. The molecule has 0 amide bonds. The number of aliphatic hydroxyl groups is 1. The van der Waals surface area contributed by atoms with E-state index in [0.29, 0.717) is 11.3 Å². The molecular formula is C12H18N2O3S. The lowest BCUT2D eigenvalue weighted by molar-refractivity contribution is 0.155. The summed E-state index contributed by atoms with van der Waals surface area (Å²) in [4.78, 5) is 0.172. The molecule has 1 aliphatic carbocycles. The van der Waals surface area contributed by atoms with Gasteiger partial charge in [-0.25, -0.2) is 13.1 Å². The number of nitrogens with two attached hydrogens (primary N) is 1. The van der Waals surface area contributed by atoms with Gasteiger partial charge in [0, 0.05) is 12.2 Å². The smallest absolute Gasteiger partial charge is 0.240 e. The normalized spacial score (nSPS) is 17.7. The van der Waals surface area contributed by atoms with Gasteiger partial charge in [-0.15, -0.1) is 0 Å². The number of hydrogen-bond donors (Lipinski definition) is 3. The van der Waals surface area contributed by atoms with Crippen LogP contribution in [0.4, 0.5) is 5.69 Å². The molecule has 1 atom stereocenters. The molecule has 18 heavy (non-hydrogen) atoms. The molecule has 0 aromatic heterocycles. The molecule has 0 aliphatic heterocycles. The first-order chi connectivity index (χ1) is 8.42. The number of benzene rings is 1. The van der Waals surface area contributed by atoms with Gasteiger partial charge in [0.1, 0.15) is 0 Å². The standard InChI is InChI=1S/C12H18N2O3S/c1-8-10(13)3-2-4-12(8)18(16,17)14-7-11(15)9-5-6-9/h2-4,9,11,14-15H,5-7,13H2,1H3. The van der Waals surface area contributed by atoms with Gasteiger partial charge in [0.15, 0.2) is 0 Å². The van der Waals surface area contributed by atoms with E-state index >= 15 is 0 Å². The highest BCUT2D eigenvalue weighted by atomic mass is 32.2. The molecule has 2 rings (SSSR count). The van der Waals surface area contributed by atoms with Gasteiger partial charge in [-0.2, -0.15) is 0 Å². The van der Waals surface area contributed by atoms with Crippen LogP contribution in [0.1, 0.15) is 18.4 Å². The Bertz CT molecular complexity index is 538. The Labute approximate surface area is 107 Å². The molecule has 1 saturated carbocycles. The second-order valence-corrected chi connectivity index (χ2v) is 6.46. The first kappa shape index (κ1) is 13.3. The summed E-state index contributed by atoms with van der Waals surface area (Å²) in [6.07, 6.45) is 1.35. The molecule has 0 spiro atoms. The van der Waals surface area contributed by atoms with E-state index in [1.807, 2.05) is 0 Å². The van der Waals surface area contributed by atoms with Crippen LogP contribution >= 0.6 is 0 Å². The van der Waals surface area contributed by atoms with E-state index in [0.717, 1.165) is 12.8 Å². The second-order valence-electron chi connectivity index (χ2n) is 4.73. The predicted molar refractivity (Wildman–Crippen MR) is 69.5 cm³/mol. The minimum absolute atomic E-state index is 0.0568. The summed E-state index contributed by atoms with van der Waals surface area (Å²) < 4.78 is 26.6. The quantitative estimate of drug-likeness (QED) is 0.684. The van der Waals surface area contributed by atoms with E-state index in [-0.39, 0.29) is 17.4 Å². The Kier molecular flexibility index (Phi) is 3.61. The fourth-order valence-corrected chi connectivity index (χ4v) is 3.17. The van der Waals surface area contributed by atoms with Crippen molar-refractivity contribution >= 4 is 15.7 Å². The fraction of sp³-hybridized carbons (Fsp3) is 0.500. The van der Waals surface area contributed by atoms with Crippen LogP contribution in [0.2, 0.25) is 0 Å². The Morgan fingerprint density at radius 3 is 2.78 bits per heavy atom. The molecule has 1 fully saturated rings. The molecule has 4 N–H and O–H groups in total. The Balaban J connectivity index is 2.12. The largest absolute Gasteiger partial charge is 0.398 e. The van der Waals surface area contributed by atoms with Crippen LogP contribution in [0.15, 0.2) is 23.1 Å². The van der Waals surface area contributed by atoms with Gasteiger partial charge in [-0.05, 0) is 43.4 Å². The van der Waals surface area contributed by atoms with Gasteiger partial charge >= 0.3 is 0 Å². The lowest BCUT2D eigenvalue weighted by atomic mass is 10.2. The van der Waals surface area contributed by atoms with E-state index in [1.54, 1.807) is 19.1 Å². The van der Waals surface area contributed by atoms with Crippen LogP contribution in [0.25, 0.3) is 0 Å². The topological polar surface area (TPSA) is 92.4 Å². The van der Waals surface area contributed by atoms with Gasteiger partial charge < -0.3 is 10.8 Å². The third kappa shape index (κ3) is 2.82. The van der Waals surface area contributed by atoms with E-state index in [1.165, 1.54) is 6.07 Å². The molecular weight excluding hydrogens is 252 g/mol. The number of rotatable bonds is 5.